The first-order valence-corrected chi connectivity index (χ1v) is 6.74. The van der Waals surface area contributed by atoms with E-state index in [0.29, 0.717) is 5.69 Å². The van der Waals surface area contributed by atoms with E-state index >= 15 is 0 Å². The van der Waals surface area contributed by atoms with E-state index in [1.54, 1.807) is 29.5 Å². The number of anilines is 1. The lowest BCUT2D eigenvalue weighted by molar-refractivity contribution is -0.384. The molecule has 100 valence electrons. The van der Waals surface area contributed by atoms with Crippen LogP contribution in [0.25, 0.3) is 0 Å². The van der Waals surface area contributed by atoms with E-state index in [9.17, 15) is 10.1 Å². The number of aromatic nitrogens is 1. The molecule has 0 radical (unpaired) electrons. The molecule has 0 spiro atoms. The highest BCUT2D eigenvalue weighted by Gasteiger charge is 2.18. The first kappa shape index (κ1) is 13.5. The summed E-state index contributed by atoms with van der Waals surface area (Å²) in [6.07, 6.45) is 0. The molecule has 0 aliphatic carbocycles. The van der Waals surface area contributed by atoms with Crippen molar-refractivity contribution in [2.24, 2.45) is 0 Å². The van der Waals surface area contributed by atoms with Gasteiger partial charge in [-0.25, -0.2) is 4.98 Å². The minimum absolute atomic E-state index is 0.0638. The Labute approximate surface area is 115 Å². The van der Waals surface area contributed by atoms with Gasteiger partial charge in [0.05, 0.1) is 21.7 Å². The summed E-state index contributed by atoms with van der Waals surface area (Å²) in [7, 11) is 0. The minimum atomic E-state index is -0.381. The summed E-state index contributed by atoms with van der Waals surface area (Å²) in [5, 5.41) is 15.1. The molecule has 1 unspecified atom stereocenters. The third kappa shape index (κ3) is 2.90. The Morgan fingerprint density at radius 1 is 1.37 bits per heavy atom. The third-order valence-electron chi connectivity index (χ3n) is 2.82. The van der Waals surface area contributed by atoms with Crippen LogP contribution in [0.1, 0.15) is 28.5 Å². The number of nitrogens with zero attached hydrogens (tertiary/aromatic N) is 2. The molecule has 19 heavy (non-hydrogen) atoms. The zero-order valence-corrected chi connectivity index (χ0v) is 11.8. The average Bonchev–Trinajstić information content (AvgIpc) is 2.69. The average molecular weight is 277 g/mol. The molecule has 1 heterocycles. The molecule has 1 aromatic carbocycles. The van der Waals surface area contributed by atoms with Crippen LogP contribution >= 0.6 is 11.3 Å². The van der Waals surface area contributed by atoms with Gasteiger partial charge >= 0.3 is 0 Å². The number of nitro benzene ring substituents is 1. The van der Waals surface area contributed by atoms with E-state index < -0.39 is 0 Å². The minimum Gasteiger partial charge on any atom is -0.371 e. The van der Waals surface area contributed by atoms with Crippen LogP contribution < -0.4 is 5.32 Å². The molecule has 0 aliphatic heterocycles. The Morgan fingerprint density at radius 2 is 2.05 bits per heavy atom. The van der Waals surface area contributed by atoms with E-state index in [1.807, 2.05) is 20.8 Å². The SMILES string of the molecule is Cc1nc(C(C)Nc2ccccc2[N+](=O)[O-])c(C)s1. The van der Waals surface area contributed by atoms with Crippen molar-refractivity contribution in [1.82, 2.24) is 4.98 Å². The molecular formula is C13H15N3O2S. The Bertz CT molecular complexity index is 610. The Balaban J connectivity index is 2.26. The fraction of sp³-hybridized carbons (Fsp3) is 0.308. The number of para-hydroxylation sites is 2. The van der Waals surface area contributed by atoms with Gasteiger partial charge < -0.3 is 5.32 Å². The van der Waals surface area contributed by atoms with Crippen molar-refractivity contribution in [2.45, 2.75) is 26.8 Å². The molecular weight excluding hydrogens is 262 g/mol. The van der Waals surface area contributed by atoms with Crippen LogP contribution in [0.2, 0.25) is 0 Å². The van der Waals surface area contributed by atoms with E-state index in [4.69, 9.17) is 0 Å². The highest BCUT2D eigenvalue weighted by molar-refractivity contribution is 7.11. The lowest BCUT2D eigenvalue weighted by atomic mass is 10.2. The summed E-state index contributed by atoms with van der Waals surface area (Å²) in [5.74, 6) is 0. The van der Waals surface area contributed by atoms with Gasteiger partial charge in [-0.2, -0.15) is 0 Å². The van der Waals surface area contributed by atoms with Crippen LogP contribution in [0.5, 0.6) is 0 Å². The number of nitrogens with one attached hydrogen (secondary N) is 1. The first-order valence-electron chi connectivity index (χ1n) is 5.93. The van der Waals surface area contributed by atoms with Crippen LogP contribution in [-0.2, 0) is 0 Å². The molecule has 1 N–H and O–H groups in total. The van der Waals surface area contributed by atoms with Crippen LogP contribution in [-0.4, -0.2) is 9.91 Å². The van der Waals surface area contributed by atoms with Crippen LogP contribution in [0, 0.1) is 24.0 Å². The highest BCUT2D eigenvalue weighted by atomic mass is 32.1. The number of thiazole rings is 1. The van der Waals surface area contributed by atoms with Gasteiger partial charge in [0.25, 0.3) is 5.69 Å². The number of aryl methyl sites for hydroxylation is 2. The topological polar surface area (TPSA) is 68.1 Å². The van der Waals surface area contributed by atoms with Crippen molar-refractivity contribution < 1.29 is 4.92 Å². The molecule has 0 saturated carbocycles. The molecule has 2 rings (SSSR count). The molecule has 5 nitrogen and oxygen atoms in total. The number of benzene rings is 1. The summed E-state index contributed by atoms with van der Waals surface area (Å²) in [6.45, 7) is 5.93. The maximum atomic E-state index is 11.0. The predicted octanol–water partition coefficient (Wildman–Crippen LogP) is 3.84. The summed E-state index contributed by atoms with van der Waals surface area (Å²) >= 11 is 1.63. The van der Waals surface area contributed by atoms with Crippen molar-refractivity contribution >= 4 is 22.7 Å². The van der Waals surface area contributed by atoms with E-state index in [0.717, 1.165) is 15.6 Å². The maximum absolute atomic E-state index is 11.0. The summed E-state index contributed by atoms with van der Waals surface area (Å²) in [5.41, 5.74) is 1.55. The lowest BCUT2D eigenvalue weighted by Crippen LogP contribution is -2.09. The Morgan fingerprint density at radius 3 is 2.63 bits per heavy atom. The zero-order chi connectivity index (χ0) is 14.0. The smallest absolute Gasteiger partial charge is 0.292 e. The van der Waals surface area contributed by atoms with E-state index in [2.05, 4.69) is 10.3 Å². The van der Waals surface area contributed by atoms with Gasteiger partial charge in [0, 0.05) is 10.9 Å². The van der Waals surface area contributed by atoms with Gasteiger partial charge in [-0.1, -0.05) is 12.1 Å². The van der Waals surface area contributed by atoms with Gasteiger partial charge in [0.15, 0.2) is 0 Å². The van der Waals surface area contributed by atoms with Gasteiger partial charge in [-0.3, -0.25) is 10.1 Å². The van der Waals surface area contributed by atoms with Gasteiger partial charge in [0.2, 0.25) is 0 Å². The van der Waals surface area contributed by atoms with Crippen molar-refractivity contribution in [2.75, 3.05) is 5.32 Å². The zero-order valence-electron chi connectivity index (χ0n) is 11.0. The summed E-state index contributed by atoms with van der Waals surface area (Å²) in [6, 6.07) is 6.58. The largest absolute Gasteiger partial charge is 0.371 e. The van der Waals surface area contributed by atoms with Gasteiger partial charge in [-0.05, 0) is 26.8 Å². The molecule has 0 aliphatic rings. The monoisotopic (exact) mass is 277 g/mol. The second-order valence-corrected chi connectivity index (χ2v) is 5.72. The molecule has 2 aromatic rings. The fourth-order valence-electron chi connectivity index (χ4n) is 2.00. The third-order valence-corrected chi connectivity index (χ3v) is 3.72. The van der Waals surface area contributed by atoms with Crippen LogP contribution in [0.15, 0.2) is 24.3 Å². The maximum Gasteiger partial charge on any atom is 0.292 e. The van der Waals surface area contributed by atoms with Crippen molar-refractivity contribution in [3.05, 3.63) is 50.0 Å². The first-order chi connectivity index (χ1) is 8.99. The lowest BCUT2D eigenvalue weighted by Gasteiger charge is -2.14. The van der Waals surface area contributed by atoms with E-state index in [1.165, 1.54) is 6.07 Å². The molecule has 0 fully saturated rings. The van der Waals surface area contributed by atoms with Crippen LogP contribution in [0.4, 0.5) is 11.4 Å². The van der Waals surface area contributed by atoms with Gasteiger partial charge in [-0.15, -0.1) is 11.3 Å². The Hall–Kier alpha value is -1.95. The van der Waals surface area contributed by atoms with Crippen LogP contribution in [0.3, 0.4) is 0 Å². The Kier molecular flexibility index (Phi) is 3.80. The number of hydrogen-bond donors (Lipinski definition) is 1. The molecule has 0 amide bonds. The molecule has 0 saturated heterocycles. The molecule has 1 atom stereocenters. The normalized spacial score (nSPS) is 12.2. The number of rotatable bonds is 4. The number of nitro groups is 1. The van der Waals surface area contributed by atoms with Crippen molar-refractivity contribution in [1.29, 1.82) is 0 Å². The van der Waals surface area contributed by atoms with E-state index in [-0.39, 0.29) is 16.7 Å². The predicted molar refractivity (Wildman–Crippen MR) is 76.7 cm³/mol. The van der Waals surface area contributed by atoms with Crippen molar-refractivity contribution in [3.8, 4) is 0 Å². The molecule has 6 heteroatoms. The van der Waals surface area contributed by atoms with Crippen molar-refractivity contribution in [3.63, 3.8) is 0 Å². The molecule has 0 bridgehead atoms. The summed E-state index contributed by atoms with van der Waals surface area (Å²) in [4.78, 5) is 16.2. The number of hydrogen-bond acceptors (Lipinski definition) is 5. The quantitative estimate of drug-likeness (QED) is 0.681. The standard InChI is InChI=1S/C13H15N3O2S/c1-8(13-9(2)19-10(3)15-13)14-11-6-4-5-7-12(11)16(17)18/h4-8,14H,1-3H3. The second-order valence-electron chi connectivity index (χ2n) is 4.31. The second kappa shape index (κ2) is 5.36. The molecule has 1 aromatic heterocycles. The summed E-state index contributed by atoms with van der Waals surface area (Å²) < 4.78 is 0. The highest BCUT2D eigenvalue weighted by Crippen LogP contribution is 2.29. The van der Waals surface area contributed by atoms with Gasteiger partial charge in [0.1, 0.15) is 5.69 Å². The fourth-order valence-corrected chi connectivity index (χ4v) is 2.92.